The molecule has 0 aliphatic heterocycles. The first-order valence-corrected chi connectivity index (χ1v) is 10.2. The van der Waals surface area contributed by atoms with Gasteiger partial charge >= 0.3 is 0 Å². The molecule has 3 rings (SSSR count). The van der Waals surface area contributed by atoms with Crippen molar-refractivity contribution in [2.24, 2.45) is 5.16 Å². The highest BCUT2D eigenvalue weighted by molar-refractivity contribution is 7.80. The largest absolute Gasteiger partial charge is 0.391 e. The Bertz CT molecular complexity index is 841. The molecule has 1 N–H and O–H groups in total. The maximum absolute atomic E-state index is 6.31. The summed E-state index contributed by atoms with van der Waals surface area (Å²) in [6.07, 6.45) is 3.80. The third kappa shape index (κ3) is 4.29. The van der Waals surface area contributed by atoms with E-state index in [0.29, 0.717) is 16.7 Å². The Balaban J connectivity index is 1.96. The summed E-state index contributed by atoms with van der Waals surface area (Å²) in [7, 11) is 1.85. The van der Waals surface area contributed by atoms with Gasteiger partial charge in [0.1, 0.15) is 6.61 Å². The van der Waals surface area contributed by atoms with Crippen LogP contribution in [-0.2, 0) is 16.9 Å². The van der Waals surface area contributed by atoms with Crippen molar-refractivity contribution in [3.8, 4) is 0 Å². The molecule has 1 atom stereocenters. The molecule has 3 nitrogen and oxygen atoms in total. The molecule has 142 valence electrons. The number of halogens is 2. The van der Waals surface area contributed by atoms with E-state index >= 15 is 0 Å². The van der Waals surface area contributed by atoms with Crippen molar-refractivity contribution in [1.29, 1.82) is 0 Å². The summed E-state index contributed by atoms with van der Waals surface area (Å²) in [5.74, 6) is 0. The van der Waals surface area contributed by atoms with Crippen molar-refractivity contribution in [2.75, 3.05) is 7.05 Å². The number of likely N-dealkylation sites (N-methyl/N-ethyl adjacent to an activating group) is 1. The first-order valence-electron chi connectivity index (χ1n) is 8.99. The Morgan fingerprint density at radius 2 is 1.93 bits per heavy atom. The summed E-state index contributed by atoms with van der Waals surface area (Å²) in [4.78, 5) is 6.45. The molecule has 1 aliphatic rings. The lowest BCUT2D eigenvalue weighted by molar-refractivity contribution is 0.127. The van der Waals surface area contributed by atoms with E-state index < -0.39 is 5.41 Å². The Hall–Kier alpha value is -1.62. The number of hydrogen-bond donors (Lipinski definition) is 1. The second-order valence-corrected chi connectivity index (χ2v) is 7.84. The smallest absolute Gasteiger partial charge is 0.142 e. The number of benzene rings is 2. The van der Waals surface area contributed by atoms with E-state index in [1.54, 1.807) is 0 Å². The van der Waals surface area contributed by atoms with Crippen molar-refractivity contribution < 1.29 is 4.84 Å². The Morgan fingerprint density at radius 3 is 2.63 bits per heavy atom. The number of nitrogens with one attached hydrogen (secondary N) is 1. The molecule has 0 amide bonds. The van der Waals surface area contributed by atoms with Crippen molar-refractivity contribution in [1.82, 2.24) is 5.32 Å². The van der Waals surface area contributed by atoms with Crippen LogP contribution in [0.5, 0.6) is 0 Å². The highest BCUT2D eigenvalue weighted by Gasteiger charge is 2.44. The topological polar surface area (TPSA) is 33.6 Å². The predicted molar refractivity (Wildman–Crippen MR) is 117 cm³/mol. The van der Waals surface area contributed by atoms with Gasteiger partial charge in [-0.2, -0.15) is 0 Å². The summed E-state index contributed by atoms with van der Waals surface area (Å²) in [5.41, 5.74) is 2.49. The molecule has 0 aromatic heterocycles. The summed E-state index contributed by atoms with van der Waals surface area (Å²) < 4.78 is 0. The predicted octanol–water partition coefficient (Wildman–Crippen LogP) is 5.92. The fraction of sp³-hybridized carbons (Fsp3) is 0.333. The molecule has 0 saturated heterocycles. The van der Waals surface area contributed by atoms with E-state index in [1.165, 1.54) is 0 Å². The molecule has 0 heterocycles. The molecular formula is C21H22Cl2N2OS. The normalized spacial score (nSPS) is 21.1. The molecule has 0 spiro atoms. The van der Waals surface area contributed by atoms with Crippen LogP contribution in [0.4, 0.5) is 0 Å². The minimum atomic E-state index is -0.521. The van der Waals surface area contributed by atoms with Crippen LogP contribution < -0.4 is 5.32 Å². The molecular weight excluding hydrogens is 399 g/mol. The molecule has 1 aliphatic carbocycles. The minimum Gasteiger partial charge on any atom is -0.391 e. The average Bonchev–Trinajstić information content (AvgIpc) is 2.70. The van der Waals surface area contributed by atoms with E-state index in [0.717, 1.165) is 47.5 Å². The van der Waals surface area contributed by atoms with E-state index in [9.17, 15) is 0 Å². The van der Waals surface area contributed by atoms with E-state index in [1.807, 2.05) is 55.6 Å². The van der Waals surface area contributed by atoms with Crippen molar-refractivity contribution >= 4 is 46.1 Å². The van der Waals surface area contributed by atoms with Crippen LogP contribution in [-0.4, -0.2) is 17.7 Å². The molecule has 0 bridgehead atoms. The maximum Gasteiger partial charge on any atom is 0.142 e. The van der Waals surface area contributed by atoms with Gasteiger partial charge < -0.3 is 10.2 Å². The van der Waals surface area contributed by atoms with Crippen LogP contribution in [0.15, 0.2) is 53.7 Å². The SMILES string of the molecule is CNC(=S)C1(c2ccc(Cl)c(Cl)c2)CCCCC1=NOCc1ccccc1. The number of rotatable bonds is 5. The van der Waals surface area contributed by atoms with E-state index in [-0.39, 0.29) is 0 Å². The van der Waals surface area contributed by atoms with Gasteiger partial charge in [0.2, 0.25) is 0 Å². The minimum absolute atomic E-state index is 0.425. The van der Waals surface area contributed by atoms with Gasteiger partial charge in [0, 0.05) is 7.05 Å². The Kier molecular flexibility index (Phi) is 6.74. The fourth-order valence-electron chi connectivity index (χ4n) is 3.58. The monoisotopic (exact) mass is 420 g/mol. The first kappa shape index (κ1) is 20.1. The van der Waals surface area contributed by atoms with Crippen molar-refractivity contribution in [2.45, 2.75) is 37.7 Å². The number of thiocarbonyl (C=S) groups is 1. The molecule has 1 fully saturated rings. The fourth-order valence-corrected chi connectivity index (χ4v) is 4.22. The summed E-state index contributed by atoms with van der Waals surface area (Å²) in [5, 5.41) is 8.75. The van der Waals surface area contributed by atoms with Gasteiger partial charge in [-0.3, -0.25) is 0 Å². The Morgan fingerprint density at radius 1 is 1.15 bits per heavy atom. The zero-order chi connectivity index (χ0) is 19.3. The lowest BCUT2D eigenvalue weighted by Gasteiger charge is -2.39. The average molecular weight is 421 g/mol. The molecule has 2 aromatic carbocycles. The zero-order valence-electron chi connectivity index (χ0n) is 15.2. The lowest BCUT2D eigenvalue weighted by atomic mass is 9.67. The van der Waals surface area contributed by atoms with Crippen molar-refractivity contribution in [3.05, 3.63) is 69.7 Å². The van der Waals surface area contributed by atoms with Gasteiger partial charge in [0.05, 0.1) is 26.2 Å². The summed E-state index contributed by atoms with van der Waals surface area (Å²) in [6, 6.07) is 15.7. The van der Waals surface area contributed by atoms with Crippen LogP contribution in [0.1, 0.15) is 36.8 Å². The third-order valence-corrected chi connectivity index (χ3v) is 6.28. The van der Waals surface area contributed by atoms with Crippen LogP contribution in [0.2, 0.25) is 10.0 Å². The highest BCUT2D eigenvalue weighted by Crippen LogP contribution is 2.40. The molecule has 2 aromatic rings. The quantitative estimate of drug-likeness (QED) is 0.480. The maximum atomic E-state index is 6.31. The van der Waals surface area contributed by atoms with Gasteiger partial charge in [-0.1, -0.05) is 83.4 Å². The second kappa shape index (κ2) is 9.05. The second-order valence-electron chi connectivity index (χ2n) is 6.62. The molecule has 0 radical (unpaired) electrons. The van der Waals surface area contributed by atoms with Gasteiger partial charge in [-0.15, -0.1) is 0 Å². The van der Waals surface area contributed by atoms with Gasteiger partial charge in [0.25, 0.3) is 0 Å². The highest BCUT2D eigenvalue weighted by atomic mass is 35.5. The van der Waals surface area contributed by atoms with Crippen LogP contribution in [0.25, 0.3) is 0 Å². The van der Waals surface area contributed by atoms with Crippen LogP contribution >= 0.6 is 35.4 Å². The van der Waals surface area contributed by atoms with E-state index in [4.69, 9.17) is 40.3 Å². The first-order chi connectivity index (χ1) is 13.1. The van der Waals surface area contributed by atoms with Crippen LogP contribution in [0.3, 0.4) is 0 Å². The van der Waals surface area contributed by atoms with Crippen molar-refractivity contribution in [3.63, 3.8) is 0 Å². The van der Waals surface area contributed by atoms with E-state index in [2.05, 4.69) is 10.5 Å². The third-order valence-electron chi connectivity index (χ3n) is 4.98. The number of oxime groups is 1. The Labute approximate surface area is 175 Å². The number of nitrogens with zero attached hydrogens (tertiary/aromatic N) is 1. The summed E-state index contributed by atoms with van der Waals surface area (Å²) in [6.45, 7) is 0.425. The lowest BCUT2D eigenvalue weighted by Crippen LogP contribution is -2.50. The van der Waals surface area contributed by atoms with Gasteiger partial charge in [-0.25, -0.2) is 0 Å². The molecule has 27 heavy (non-hydrogen) atoms. The zero-order valence-corrected chi connectivity index (χ0v) is 17.5. The summed E-state index contributed by atoms with van der Waals surface area (Å²) >= 11 is 18.2. The van der Waals surface area contributed by atoms with Crippen LogP contribution in [0, 0.1) is 0 Å². The molecule has 1 unspecified atom stereocenters. The molecule has 6 heteroatoms. The standard InChI is InChI=1S/C21H22Cl2N2OS/c1-24-20(27)21(16-10-11-17(22)18(23)13-16)12-6-5-9-19(21)25-26-14-15-7-3-2-4-8-15/h2-4,7-8,10-11,13H,5-6,9,12,14H2,1H3,(H,24,27). The van der Waals surface area contributed by atoms with Gasteiger partial charge in [-0.05, 0) is 42.5 Å². The van der Waals surface area contributed by atoms with Gasteiger partial charge in [0.15, 0.2) is 0 Å². The molecule has 1 saturated carbocycles. The number of hydrogen-bond acceptors (Lipinski definition) is 3.